The Labute approximate surface area is 192 Å². The van der Waals surface area contributed by atoms with E-state index >= 15 is 0 Å². The smallest absolute Gasteiger partial charge is 0.317 e. The highest BCUT2D eigenvalue weighted by Crippen LogP contribution is 2.25. The quantitative estimate of drug-likeness (QED) is 0.473. The second kappa shape index (κ2) is 11.1. The number of carbonyl (C=O) groups excluding carboxylic acids is 1. The third-order valence-electron chi connectivity index (χ3n) is 5.43. The monoisotopic (exact) mass is 454 g/mol. The lowest BCUT2D eigenvalue weighted by atomic mass is 10.1. The van der Waals surface area contributed by atoms with Gasteiger partial charge in [-0.3, -0.25) is 14.6 Å². The number of hydrogen-bond acceptors (Lipinski definition) is 6. The average Bonchev–Trinajstić information content (AvgIpc) is 3.07. The van der Waals surface area contributed by atoms with Crippen molar-refractivity contribution in [1.82, 2.24) is 9.55 Å². The molecule has 0 amide bonds. The van der Waals surface area contributed by atoms with Gasteiger partial charge in [0.05, 0.1) is 11.5 Å². The lowest BCUT2D eigenvalue weighted by Crippen LogP contribution is -2.26. The van der Waals surface area contributed by atoms with Crippen molar-refractivity contribution in [2.24, 2.45) is 5.92 Å². The van der Waals surface area contributed by atoms with E-state index in [4.69, 9.17) is 4.74 Å². The van der Waals surface area contributed by atoms with Crippen LogP contribution in [0.3, 0.4) is 0 Å². The second-order valence-electron chi connectivity index (χ2n) is 7.91. The Kier molecular flexibility index (Phi) is 8.22. The van der Waals surface area contributed by atoms with Crippen LogP contribution in [0.4, 0.5) is 0 Å². The van der Waals surface area contributed by atoms with E-state index < -0.39 is 4.87 Å². The number of hydrogen-bond donors (Lipinski definition) is 1. The third kappa shape index (κ3) is 5.85. The molecule has 1 atom stereocenters. The molecule has 0 radical (unpaired) electrons. The number of thiazole rings is 1. The summed E-state index contributed by atoms with van der Waals surface area (Å²) in [5.41, 5.74) is 3.14. The fourth-order valence-electron chi connectivity index (χ4n) is 3.47. The highest BCUT2D eigenvalue weighted by atomic mass is 32.1. The van der Waals surface area contributed by atoms with Crippen LogP contribution in [0, 0.1) is 5.92 Å². The maximum absolute atomic E-state index is 12.5. The molecule has 2 heterocycles. The molecule has 0 spiro atoms. The van der Waals surface area contributed by atoms with Crippen molar-refractivity contribution in [3.63, 3.8) is 0 Å². The van der Waals surface area contributed by atoms with Gasteiger partial charge in [-0.05, 0) is 42.2 Å². The molecule has 1 unspecified atom stereocenters. The summed E-state index contributed by atoms with van der Waals surface area (Å²) in [4.78, 5) is 29.3. The van der Waals surface area contributed by atoms with Crippen LogP contribution < -0.4 is 9.61 Å². The zero-order chi connectivity index (χ0) is 23.1. The van der Waals surface area contributed by atoms with Gasteiger partial charge in [0.1, 0.15) is 5.75 Å². The minimum Gasteiger partial charge on any atom is -0.493 e. The molecule has 170 valence electrons. The molecule has 1 aromatic carbocycles. The molecule has 3 aromatic rings. The number of aromatic nitrogens is 2. The molecule has 0 aliphatic rings. The summed E-state index contributed by atoms with van der Waals surface area (Å²) in [5, 5.41) is 10.5. The number of benzene rings is 1. The number of nitrogens with zero attached hydrogens (tertiary/aromatic N) is 2. The predicted molar refractivity (Wildman–Crippen MR) is 127 cm³/mol. The Morgan fingerprint density at radius 2 is 1.88 bits per heavy atom. The van der Waals surface area contributed by atoms with Crippen molar-refractivity contribution in [3.8, 4) is 11.6 Å². The van der Waals surface area contributed by atoms with Gasteiger partial charge in [0.15, 0.2) is 0 Å². The van der Waals surface area contributed by atoms with E-state index in [1.807, 2.05) is 43.5 Å². The minimum atomic E-state index is -0.439. The van der Waals surface area contributed by atoms with Gasteiger partial charge in [-0.2, -0.15) is 0 Å². The third-order valence-corrected chi connectivity index (χ3v) is 6.36. The average molecular weight is 455 g/mol. The van der Waals surface area contributed by atoms with Crippen molar-refractivity contribution in [2.45, 2.75) is 52.9 Å². The Morgan fingerprint density at radius 1 is 1.16 bits per heavy atom. The van der Waals surface area contributed by atoms with Crippen LogP contribution in [-0.4, -0.2) is 27.2 Å². The number of rotatable bonds is 10. The molecule has 0 aliphatic heterocycles. The Bertz CT molecular complexity index is 1080. The summed E-state index contributed by atoms with van der Waals surface area (Å²) in [5.74, 6) is -0.144. The predicted octanol–water partition coefficient (Wildman–Crippen LogP) is 4.86. The van der Waals surface area contributed by atoms with Gasteiger partial charge in [0.2, 0.25) is 11.8 Å². The summed E-state index contributed by atoms with van der Waals surface area (Å²) >= 11 is 0.916. The van der Waals surface area contributed by atoms with Crippen LogP contribution in [0.15, 0.2) is 47.4 Å². The molecule has 0 bridgehead atoms. The van der Waals surface area contributed by atoms with Crippen LogP contribution in [0.5, 0.6) is 11.6 Å². The number of aromatic hydroxyl groups is 1. The lowest BCUT2D eigenvalue weighted by molar-refractivity contribution is 0.0825. The standard InChI is InChI=1S/C25H30N2O4S/c1-4-6-17(3)23(28)27-24(29)22(32-25(27)30)15-19-8-11-21(12-9-19)31-14-13-20-10-7-18(5-2)16-26-20/h7-12,16-17,29H,4-6,13-15H2,1-3H3. The molecule has 6 nitrogen and oxygen atoms in total. The molecule has 32 heavy (non-hydrogen) atoms. The highest BCUT2D eigenvalue weighted by Gasteiger charge is 2.23. The van der Waals surface area contributed by atoms with Gasteiger partial charge >= 0.3 is 4.87 Å². The first kappa shape index (κ1) is 23.7. The fraction of sp³-hybridized carbons (Fsp3) is 0.400. The molecular formula is C25H30N2O4S. The van der Waals surface area contributed by atoms with Gasteiger partial charge < -0.3 is 9.84 Å². The Balaban J connectivity index is 1.59. The normalized spacial score (nSPS) is 12.0. The van der Waals surface area contributed by atoms with E-state index in [9.17, 15) is 14.7 Å². The van der Waals surface area contributed by atoms with E-state index in [1.54, 1.807) is 6.92 Å². The van der Waals surface area contributed by atoms with Gasteiger partial charge in [-0.25, -0.2) is 4.57 Å². The number of ether oxygens (including phenoxy) is 1. The summed E-state index contributed by atoms with van der Waals surface area (Å²) in [6.45, 7) is 6.40. The molecule has 1 N–H and O–H groups in total. The van der Waals surface area contributed by atoms with Crippen LogP contribution in [-0.2, 0) is 19.3 Å². The molecule has 2 aromatic heterocycles. The summed E-state index contributed by atoms with van der Waals surface area (Å²) in [7, 11) is 0. The van der Waals surface area contributed by atoms with Crippen molar-refractivity contribution in [3.05, 3.63) is 74.0 Å². The second-order valence-corrected chi connectivity index (χ2v) is 8.95. The van der Waals surface area contributed by atoms with Crippen molar-refractivity contribution in [1.29, 1.82) is 0 Å². The number of carbonyl (C=O) groups is 1. The van der Waals surface area contributed by atoms with E-state index in [1.165, 1.54) is 5.56 Å². The first-order valence-corrected chi connectivity index (χ1v) is 11.9. The first-order chi connectivity index (χ1) is 15.4. The van der Waals surface area contributed by atoms with Crippen molar-refractivity contribution < 1.29 is 14.6 Å². The molecule has 0 saturated heterocycles. The lowest BCUT2D eigenvalue weighted by Gasteiger charge is -2.10. The topological polar surface area (TPSA) is 81.4 Å². The molecule has 7 heteroatoms. The van der Waals surface area contributed by atoms with Crippen molar-refractivity contribution >= 4 is 17.2 Å². The van der Waals surface area contributed by atoms with E-state index in [-0.39, 0.29) is 17.7 Å². The summed E-state index contributed by atoms with van der Waals surface area (Å²) < 4.78 is 6.73. The fourth-order valence-corrected chi connectivity index (χ4v) is 4.37. The van der Waals surface area contributed by atoms with Gasteiger partial charge in [-0.15, -0.1) is 0 Å². The molecule has 3 rings (SSSR count). The Morgan fingerprint density at radius 3 is 2.50 bits per heavy atom. The van der Waals surface area contributed by atoms with Gasteiger partial charge in [0.25, 0.3) is 0 Å². The summed E-state index contributed by atoms with van der Waals surface area (Å²) in [6.07, 6.45) is 5.50. The molecule has 0 fully saturated rings. The van der Waals surface area contributed by atoms with E-state index in [2.05, 4.69) is 18.0 Å². The van der Waals surface area contributed by atoms with Crippen molar-refractivity contribution in [2.75, 3.05) is 6.61 Å². The number of aryl methyl sites for hydroxylation is 1. The van der Waals surface area contributed by atoms with Gasteiger partial charge in [0, 0.05) is 30.7 Å². The van der Waals surface area contributed by atoms with E-state index in [0.29, 0.717) is 24.3 Å². The molecule has 0 aliphatic carbocycles. The van der Waals surface area contributed by atoms with Crippen LogP contribution in [0.1, 0.15) is 60.1 Å². The number of pyridine rings is 1. The van der Waals surface area contributed by atoms with E-state index in [0.717, 1.165) is 52.2 Å². The van der Waals surface area contributed by atoms with Crippen LogP contribution in [0.2, 0.25) is 0 Å². The Hall–Kier alpha value is -2.93. The first-order valence-electron chi connectivity index (χ1n) is 11.1. The zero-order valence-corrected chi connectivity index (χ0v) is 19.7. The molecule has 0 saturated carbocycles. The SMILES string of the molecule is CCCC(C)C(=O)n1c(O)c(Cc2ccc(OCCc3ccc(CC)cn3)cc2)sc1=O. The maximum atomic E-state index is 12.5. The van der Waals surface area contributed by atoms with Gasteiger partial charge in [-0.1, -0.05) is 56.7 Å². The zero-order valence-electron chi connectivity index (χ0n) is 18.8. The minimum absolute atomic E-state index is 0.241. The molecular weight excluding hydrogens is 424 g/mol. The largest absolute Gasteiger partial charge is 0.493 e. The maximum Gasteiger partial charge on any atom is 0.317 e. The highest BCUT2D eigenvalue weighted by molar-refractivity contribution is 7.09. The van der Waals surface area contributed by atoms with Crippen LogP contribution in [0.25, 0.3) is 0 Å². The summed E-state index contributed by atoms with van der Waals surface area (Å²) in [6, 6.07) is 11.7. The van der Waals surface area contributed by atoms with Crippen LogP contribution >= 0.6 is 11.3 Å².